The number of pyridine rings is 1. The summed E-state index contributed by atoms with van der Waals surface area (Å²) in [4.78, 5) is 11.1. The quantitative estimate of drug-likeness (QED) is 0.890. The smallest absolute Gasteiger partial charge is 0.0795 e. The van der Waals surface area contributed by atoms with Crippen molar-refractivity contribution in [1.82, 2.24) is 20.2 Å². The second kappa shape index (κ2) is 7.11. The van der Waals surface area contributed by atoms with E-state index in [-0.39, 0.29) is 5.54 Å². The summed E-state index contributed by atoms with van der Waals surface area (Å²) in [5.74, 6) is 0. The Morgan fingerprint density at radius 1 is 1.14 bits per heavy atom. The lowest BCUT2D eigenvalue weighted by Crippen LogP contribution is -2.35. The molecule has 0 aliphatic rings. The third-order valence-electron chi connectivity index (χ3n) is 3.06. The van der Waals surface area contributed by atoms with Gasteiger partial charge in [0, 0.05) is 36.8 Å². The van der Waals surface area contributed by atoms with Gasteiger partial charge < -0.3 is 5.32 Å². The van der Waals surface area contributed by atoms with Gasteiger partial charge in [0.2, 0.25) is 0 Å². The lowest BCUT2D eigenvalue weighted by molar-refractivity contribution is 0.312. The molecule has 0 aromatic carbocycles. The molecule has 5 heteroatoms. The molecule has 0 unspecified atom stereocenters. The minimum atomic E-state index is 0.131. The molecule has 0 fully saturated rings. The molecule has 2 aromatic heterocycles. The van der Waals surface area contributed by atoms with Crippen LogP contribution in [0.25, 0.3) is 0 Å². The molecule has 4 nitrogen and oxygen atoms in total. The van der Waals surface area contributed by atoms with Gasteiger partial charge in [0.05, 0.1) is 16.9 Å². The maximum atomic E-state index is 4.55. The fourth-order valence-electron chi connectivity index (χ4n) is 1.95. The van der Waals surface area contributed by atoms with Crippen LogP contribution in [0, 0.1) is 0 Å². The van der Waals surface area contributed by atoms with Crippen molar-refractivity contribution in [3.8, 4) is 0 Å². The van der Waals surface area contributed by atoms with Crippen LogP contribution in [0.4, 0.5) is 0 Å². The Kier molecular flexibility index (Phi) is 5.45. The summed E-state index contributed by atoms with van der Waals surface area (Å²) in [6.45, 7) is 9.06. The first kappa shape index (κ1) is 16.1. The normalized spacial score (nSPS) is 12.0. The van der Waals surface area contributed by atoms with Gasteiger partial charge in [-0.05, 0) is 39.4 Å². The van der Waals surface area contributed by atoms with Gasteiger partial charge in [-0.15, -0.1) is 11.3 Å². The number of hydrogen-bond donors (Lipinski definition) is 1. The average Bonchev–Trinajstić information content (AvgIpc) is 2.89. The highest BCUT2D eigenvalue weighted by molar-refractivity contribution is 7.07. The lowest BCUT2D eigenvalue weighted by Gasteiger charge is -2.20. The maximum absolute atomic E-state index is 4.55. The highest BCUT2D eigenvalue weighted by Crippen LogP contribution is 2.09. The number of nitrogens with zero attached hydrogens (tertiary/aromatic N) is 3. The summed E-state index contributed by atoms with van der Waals surface area (Å²) in [7, 11) is 2.09. The number of rotatable bonds is 6. The van der Waals surface area contributed by atoms with Crippen LogP contribution in [0.1, 0.15) is 37.7 Å². The van der Waals surface area contributed by atoms with E-state index in [1.54, 1.807) is 11.3 Å². The van der Waals surface area contributed by atoms with E-state index in [9.17, 15) is 0 Å². The molecule has 114 valence electrons. The Hall–Kier alpha value is -1.30. The van der Waals surface area contributed by atoms with Crippen LogP contribution in [-0.4, -0.2) is 27.5 Å². The molecule has 1 N–H and O–H groups in total. The van der Waals surface area contributed by atoms with Gasteiger partial charge in [-0.25, -0.2) is 4.98 Å². The summed E-state index contributed by atoms with van der Waals surface area (Å²) in [5, 5.41) is 5.56. The van der Waals surface area contributed by atoms with Gasteiger partial charge in [-0.1, -0.05) is 6.07 Å². The average molecular weight is 304 g/mol. The summed E-state index contributed by atoms with van der Waals surface area (Å²) in [6.07, 6.45) is 1.96. The molecule has 2 rings (SSSR count). The third kappa shape index (κ3) is 5.91. The van der Waals surface area contributed by atoms with E-state index in [4.69, 9.17) is 0 Å². The number of nitrogens with one attached hydrogen (secondary N) is 1. The van der Waals surface area contributed by atoms with Gasteiger partial charge in [0.25, 0.3) is 0 Å². The van der Waals surface area contributed by atoms with Crippen molar-refractivity contribution >= 4 is 11.3 Å². The zero-order chi connectivity index (χ0) is 15.3. The molecule has 0 atom stereocenters. The third-order valence-corrected chi connectivity index (χ3v) is 3.69. The Bertz CT molecular complexity index is 528. The Morgan fingerprint density at radius 3 is 2.48 bits per heavy atom. The molecule has 0 saturated carbocycles. The molecule has 2 heterocycles. The van der Waals surface area contributed by atoms with Crippen molar-refractivity contribution in [2.45, 2.75) is 45.9 Å². The largest absolute Gasteiger partial charge is 0.308 e. The van der Waals surface area contributed by atoms with E-state index < -0.39 is 0 Å². The predicted molar refractivity (Wildman–Crippen MR) is 88.1 cm³/mol. The van der Waals surface area contributed by atoms with E-state index in [1.165, 1.54) is 5.56 Å². The van der Waals surface area contributed by atoms with Crippen molar-refractivity contribution in [2.75, 3.05) is 7.05 Å². The van der Waals surface area contributed by atoms with E-state index >= 15 is 0 Å². The second-order valence-electron chi connectivity index (χ2n) is 6.41. The van der Waals surface area contributed by atoms with Crippen LogP contribution >= 0.6 is 11.3 Å². The van der Waals surface area contributed by atoms with Gasteiger partial charge in [0.1, 0.15) is 0 Å². The molecule has 0 amide bonds. The molecule has 2 aromatic rings. The summed E-state index contributed by atoms with van der Waals surface area (Å²) >= 11 is 1.64. The highest BCUT2D eigenvalue weighted by atomic mass is 32.1. The molecule has 0 spiro atoms. The van der Waals surface area contributed by atoms with Gasteiger partial charge in [-0.2, -0.15) is 0 Å². The summed E-state index contributed by atoms with van der Waals surface area (Å²) in [5.41, 5.74) is 5.43. The molecule has 0 aliphatic heterocycles. The fraction of sp³-hybridized carbons (Fsp3) is 0.500. The first-order valence-electron chi connectivity index (χ1n) is 7.17. The van der Waals surface area contributed by atoms with Gasteiger partial charge in [-0.3, -0.25) is 9.88 Å². The Labute approximate surface area is 131 Å². The molecular weight excluding hydrogens is 280 g/mol. The minimum Gasteiger partial charge on any atom is -0.308 e. The van der Waals surface area contributed by atoms with E-state index in [2.05, 4.69) is 65.5 Å². The highest BCUT2D eigenvalue weighted by Gasteiger charge is 2.09. The zero-order valence-electron chi connectivity index (χ0n) is 13.3. The SMILES string of the molecule is CN(Cc1ccc(CNC(C)(C)C)cn1)Cc1cscn1. The summed E-state index contributed by atoms with van der Waals surface area (Å²) in [6, 6.07) is 4.26. The van der Waals surface area contributed by atoms with Crippen LogP contribution in [-0.2, 0) is 19.6 Å². The van der Waals surface area contributed by atoms with Gasteiger partial charge >= 0.3 is 0 Å². The Balaban J connectivity index is 1.84. The second-order valence-corrected chi connectivity index (χ2v) is 7.13. The molecule has 0 saturated heterocycles. The van der Waals surface area contributed by atoms with Crippen molar-refractivity contribution < 1.29 is 0 Å². The molecule has 0 bridgehead atoms. The van der Waals surface area contributed by atoms with Crippen LogP contribution < -0.4 is 5.32 Å². The first-order valence-corrected chi connectivity index (χ1v) is 8.11. The molecule has 0 radical (unpaired) electrons. The lowest BCUT2D eigenvalue weighted by atomic mass is 10.1. The zero-order valence-corrected chi connectivity index (χ0v) is 14.1. The Morgan fingerprint density at radius 2 is 1.90 bits per heavy atom. The van der Waals surface area contributed by atoms with E-state index in [0.717, 1.165) is 31.0 Å². The van der Waals surface area contributed by atoms with Gasteiger partial charge in [0.15, 0.2) is 0 Å². The first-order chi connectivity index (χ1) is 9.92. The van der Waals surface area contributed by atoms with Crippen molar-refractivity contribution in [1.29, 1.82) is 0 Å². The number of aromatic nitrogens is 2. The van der Waals surface area contributed by atoms with Crippen molar-refractivity contribution in [3.05, 3.63) is 46.2 Å². The molecule has 21 heavy (non-hydrogen) atoms. The monoisotopic (exact) mass is 304 g/mol. The van der Waals surface area contributed by atoms with Crippen molar-refractivity contribution in [2.24, 2.45) is 0 Å². The standard InChI is InChI=1S/C16H24N4S/c1-16(2,3)19-8-13-5-6-14(17-7-13)9-20(4)10-15-11-21-12-18-15/h5-7,11-12,19H,8-10H2,1-4H3. The minimum absolute atomic E-state index is 0.131. The van der Waals surface area contributed by atoms with Crippen LogP contribution in [0.15, 0.2) is 29.2 Å². The number of hydrogen-bond acceptors (Lipinski definition) is 5. The van der Waals surface area contributed by atoms with Crippen LogP contribution in [0.3, 0.4) is 0 Å². The topological polar surface area (TPSA) is 41.0 Å². The number of thiazole rings is 1. The van der Waals surface area contributed by atoms with Crippen molar-refractivity contribution in [3.63, 3.8) is 0 Å². The predicted octanol–water partition coefficient (Wildman–Crippen LogP) is 3.06. The summed E-state index contributed by atoms with van der Waals surface area (Å²) < 4.78 is 0. The van der Waals surface area contributed by atoms with E-state index in [0.29, 0.717) is 0 Å². The molecular formula is C16H24N4S. The maximum Gasteiger partial charge on any atom is 0.0795 e. The van der Waals surface area contributed by atoms with Crippen LogP contribution in [0.5, 0.6) is 0 Å². The molecule has 0 aliphatic carbocycles. The van der Waals surface area contributed by atoms with Crippen LogP contribution in [0.2, 0.25) is 0 Å². The van der Waals surface area contributed by atoms with E-state index in [1.807, 2.05) is 11.7 Å². The fourth-order valence-corrected chi connectivity index (χ4v) is 2.49.